The van der Waals surface area contributed by atoms with Crippen molar-refractivity contribution in [1.29, 1.82) is 0 Å². The summed E-state index contributed by atoms with van der Waals surface area (Å²) in [5, 5.41) is 12.5. The van der Waals surface area contributed by atoms with Crippen LogP contribution in [0.15, 0.2) is 18.2 Å². The van der Waals surface area contributed by atoms with Gasteiger partial charge in [0.15, 0.2) is 6.10 Å². The number of nitrogens with zero attached hydrogens (tertiary/aromatic N) is 2. The Balaban J connectivity index is 1.79. The molecule has 0 spiro atoms. The van der Waals surface area contributed by atoms with Crippen LogP contribution in [-0.4, -0.2) is 49.1 Å². The van der Waals surface area contributed by atoms with Crippen LogP contribution in [0.1, 0.15) is 30.9 Å². The first-order valence-electron chi connectivity index (χ1n) is 7.44. The van der Waals surface area contributed by atoms with Crippen molar-refractivity contribution in [2.45, 2.75) is 30.9 Å². The number of carbonyl (C=O) groups excluding carboxylic acids is 1. The normalized spacial score (nSPS) is 22.7. The van der Waals surface area contributed by atoms with Crippen molar-refractivity contribution in [3.05, 3.63) is 23.8 Å². The quantitative estimate of drug-likeness (QED) is 0.884. The zero-order valence-corrected chi connectivity index (χ0v) is 12.9. The summed E-state index contributed by atoms with van der Waals surface area (Å²) in [7, 11) is 6.37. The number of carbonyl (C=O) groups is 1. The summed E-state index contributed by atoms with van der Waals surface area (Å²) >= 11 is 0. The molecule has 1 heterocycles. The standard InChI is InChI=1S/C16H23N3O2/c1-18(2)16(7-4-8-16)10-19(3)11-5-6-12-13(9-11)17-15(21)14(12)20/h5-6,9,14,20H,4,7-8,10H2,1-3H3,(H,17,21). The Morgan fingerprint density at radius 3 is 2.62 bits per heavy atom. The molecule has 21 heavy (non-hydrogen) atoms. The highest BCUT2D eigenvalue weighted by molar-refractivity contribution is 6.02. The smallest absolute Gasteiger partial charge is 0.257 e. The second-order valence-electron chi connectivity index (χ2n) is 6.49. The first-order valence-corrected chi connectivity index (χ1v) is 7.44. The zero-order chi connectivity index (χ0) is 15.2. The van der Waals surface area contributed by atoms with Gasteiger partial charge in [-0.15, -0.1) is 0 Å². The van der Waals surface area contributed by atoms with E-state index in [0.717, 1.165) is 17.9 Å². The molecule has 0 radical (unpaired) electrons. The van der Waals surface area contributed by atoms with Crippen LogP contribution in [0.4, 0.5) is 11.4 Å². The van der Waals surface area contributed by atoms with E-state index in [1.807, 2.05) is 18.2 Å². The molecule has 5 nitrogen and oxygen atoms in total. The van der Waals surface area contributed by atoms with Crippen molar-refractivity contribution in [3.8, 4) is 0 Å². The topological polar surface area (TPSA) is 55.8 Å². The summed E-state index contributed by atoms with van der Waals surface area (Å²) in [6.07, 6.45) is 2.72. The summed E-state index contributed by atoms with van der Waals surface area (Å²) in [5.41, 5.74) is 2.72. The van der Waals surface area contributed by atoms with Crippen molar-refractivity contribution in [3.63, 3.8) is 0 Å². The van der Waals surface area contributed by atoms with Crippen molar-refractivity contribution in [2.24, 2.45) is 0 Å². The molecule has 2 N–H and O–H groups in total. The highest BCUT2D eigenvalue weighted by Crippen LogP contribution is 2.39. The average molecular weight is 289 g/mol. The largest absolute Gasteiger partial charge is 0.378 e. The molecule has 2 aliphatic rings. The van der Waals surface area contributed by atoms with Crippen LogP contribution in [0.3, 0.4) is 0 Å². The third-order valence-corrected chi connectivity index (χ3v) is 5.04. The van der Waals surface area contributed by atoms with Gasteiger partial charge in [0.05, 0.1) is 0 Å². The van der Waals surface area contributed by atoms with Crippen LogP contribution in [0.5, 0.6) is 0 Å². The Labute approximate surface area is 125 Å². The molecule has 3 rings (SSSR count). The lowest BCUT2D eigenvalue weighted by molar-refractivity contribution is -0.123. The van der Waals surface area contributed by atoms with Crippen LogP contribution >= 0.6 is 0 Å². The number of likely N-dealkylation sites (N-methyl/N-ethyl adjacent to an activating group) is 2. The molecule has 0 bridgehead atoms. The number of nitrogens with one attached hydrogen (secondary N) is 1. The lowest BCUT2D eigenvalue weighted by Gasteiger charge is -2.49. The molecule has 1 saturated carbocycles. The average Bonchev–Trinajstić information content (AvgIpc) is 2.68. The van der Waals surface area contributed by atoms with E-state index in [-0.39, 0.29) is 11.4 Å². The first kappa shape index (κ1) is 14.4. The Morgan fingerprint density at radius 2 is 2.05 bits per heavy atom. The summed E-state index contributed by atoms with van der Waals surface area (Å²) in [5.74, 6) is -0.339. The fourth-order valence-electron chi connectivity index (χ4n) is 3.34. The van der Waals surface area contributed by atoms with Gasteiger partial charge in [-0.3, -0.25) is 4.79 Å². The second-order valence-corrected chi connectivity index (χ2v) is 6.49. The molecule has 1 aromatic rings. The highest BCUT2D eigenvalue weighted by Gasteiger charge is 2.40. The van der Waals surface area contributed by atoms with E-state index in [9.17, 15) is 9.90 Å². The molecule has 0 saturated heterocycles. The van der Waals surface area contributed by atoms with E-state index >= 15 is 0 Å². The van der Waals surface area contributed by atoms with Crippen LogP contribution in [-0.2, 0) is 4.79 Å². The molecular formula is C16H23N3O2. The Hall–Kier alpha value is -1.59. The lowest BCUT2D eigenvalue weighted by Crippen LogP contribution is -2.56. The minimum atomic E-state index is -1.03. The van der Waals surface area contributed by atoms with Gasteiger partial charge in [0.2, 0.25) is 0 Å². The number of benzene rings is 1. The van der Waals surface area contributed by atoms with E-state index in [0.29, 0.717) is 5.56 Å². The molecule has 1 atom stereocenters. The zero-order valence-electron chi connectivity index (χ0n) is 12.9. The van der Waals surface area contributed by atoms with E-state index in [4.69, 9.17) is 0 Å². The third-order valence-electron chi connectivity index (χ3n) is 5.04. The van der Waals surface area contributed by atoms with E-state index < -0.39 is 6.10 Å². The van der Waals surface area contributed by atoms with Gasteiger partial charge in [0.25, 0.3) is 5.91 Å². The van der Waals surface area contributed by atoms with Crippen LogP contribution < -0.4 is 10.2 Å². The molecular weight excluding hydrogens is 266 g/mol. The molecule has 1 aliphatic carbocycles. The van der Waals surface area contributed by atoms with Gasteiger partial charge in [-0.2, -0.15) is 0 Å². The first-order chi connectivity index (χ1) is 9.93. The van der Waals surface area contributed by atoms with E-state index in [2.05, 4.69) is 36.3 Å². The predicted molar refractivity (Wildman–Crippen MR) is 83.6 cm³/mol. The van der Waals surface area contributed by atoms with Gasteiger partial charge >= 0.3 is 0 Å². The molecule has 1 aliphatic heterocycles. The molecule has 5 heteroatoms. The number of aliphatic hydroxyl groups is 1. The molecule has 1 aromatic carbocycles. The maximum absolute atomic E-state index is 11.5. The number of fused-ring (bicyclic) bond motifs is 1. The Kier molecular flexibility index (Phi) is 3.42. The molecule has 114 valence electrons. The number of amides is 1. The van der Waals surface area contributed by atoms with Gasteiger partial charge in [0, 0.05) is 36.1 Å². The number of anilines is 2. The minimum absolute atomic E-state index is 0.260. The van der Waals surface area contributed by atoms with Gasteiger partial charge in [-0.25, -0.2) is 0 Å². The maximum atomic E-state index is 11.5. The monoisotopic (exact) mass is 289 g/mol. The third kappa shape index (κ3) is 2.30. The van der Waals surface area contributed by atoms with Crippen molar-refractivity contribution < 1.29 is 9.90 Å². The fourth-order valence-corrected chi connectivity index (χ4v) is 3.34. The van der Waals surface area contributed by atoms with Gasteiger partial charge in [-0.1, -0.05) is 6.07 Å². The van der Waals surface area contributed by atoms with Crippen molar-refractivity contribution >= 4 is 17.3 Å². The van der Waals surface area contributed by atoms with Gasteiger partial charge in [-0.05, 0) is 45.5 Å². The summed E-state index contributed by atoms with van der Waals surface area (Å²) in [4.78, 5) is 16.1. The minimum Gasteiger partial charge on any atom is -0.378 e. The lowest BCUT2D eigenvalue weighted by atomic mass is 9.75. The number of hydrogen-bond acceptors (Lipinski definition) is 4. The molecule has 1 fully saturated rings. The van der Waals surface area contributed by atoms with Gasteiger partial charge < -0.3 is 20.2 Å². The highest BCUT2D eigenvalue weighted by atomic mass is 16.3. The predicted octanol–water partition coefficient (Wildman–Crippen LogP) is 1.59. The Bertz CT molecular complexity index is 567. The van der Waals surface area contributed by atoms with Crippen LogP contribution in [0.25, 0.3) is 0 Å². The number of hydrogen-bond donors (Lipinski definition) is 2. The molecule has 1 amide bonds. The van der Waals surface area contributed by atoms with Gasteiger partial charge in [0.1, 0.15) is 0 Å². The molecule has 1 unspecified atom stereocenters. The summed E-state index contributed by atoms with van der Waals surface area (Å²) in [6, 6.07) is 5.77. The summed E-state index contributed by atoms with van der Waals surface area (Å²) < 4.78 is 0. The number of aliphatic hydroxyl groups excluding tert-OH is 1. The van der Waals surface area contributed by atoms with Crippen molar-refractivity contribution in [1.82, 2.24) is 4.90 Å². The fraction of sp³-hybridized carbons (Fsp3) is 0.562. The van der Waals surface area contributed by atoms with Crippen LogP contribution in [0, 0.1) is 0 Å². The van der Waals surface area contributed by atoms with E-state index in [1.165, 1.54) is 19.3 Å². The Morgan fingerprint density at radius 1 is 1.33 bits per heavy atom. The second kappa shape index (κ2) is 5.00. The SMILES string of the molecule is CN(CC1(N(C)C)CCC1)c1ccc2c(c1)NC(=O)C2O. The van der Waals surface area contributed by atoms with E-state index in [1.54, 1.807) is 0 Å². The maximum Gasteiger partial charge on any atom is 0.257 e. The van der Waals surface area contributed by atoms with Crippen molar-refractivity contribution in [2.75, 3.05) is 37.9 Å². The molecule has 0 aromatic heterocycles. The van der Waals surface area contributed by atoms with Crippen LogP contribution in [0.2, 0.25) is 0 Å². The number of rotatable bonds is 4. The summed E-state index contributed by atoms with van der Waals surface area (Å²) in [6.45, 7) is 0.968.